The molecule has 0 saturated heterocycles. The molecule has 2 rings (SSSR count). The summed E-state index contributed by atoms with van der Waals surface area (Å²) in [5.41, 5.74) is -0.587. The number of alkyl halides is 3. The van der Waals surface area contributed by atoms with Crippen LogP contribution in [0, 0.1) is 0 Å². The molecule has 19 heavy (non-hydrogen) atoms. The minimum atomic E-state index is -4.44. The van der Waals surface area contributed by atoms with E-state index in [2.05, 4.69) is 4.98 Å². The molecule has 0 fully saturated rings. The Balaban J connectivity index is 2.63. The first-order valence-electron chi connectivity index (χ1n) is 5.36. The van der Waals surface area contributed by atoms with Crippen molar-refractivity contribution in [3.8, 4) is 16.9 Å². The molecule has 1 heterocycles. The highest BCUT2D eigenvalue weighted by molar-refractivity contribution is 5.71. The first-order valence-corrected chi connectivity index (χ1v) is 5.36. The quantitative estimate of drug-likeness (QED) is 0.910. The van der Waals surface area contributed by atoms with Crippen LogP contribution in [0.25, 0.3) is 11.1 Å². The Morgan fingerprint density at radius 1 is 1.16 bits per heavy atom. The number of pyridine rings is 1. The minimum absolute atomic E-state index is 0.225. The largest absolute Gasteiger partial charge is 0.496 e. The van der Waals surface area contributed by atoms with E-state index >= 15 is 0 Å². The van der Waals surface area contributed by atoms with Crippen molar-refractivity contribution in [3.63, 3.8) is 0 Å². The van der Waals surface area contributed by atoms with Gasteiger partial charge in [0.2, 0.25) is 5.56 Å². The molecule has 0 atom stereocenters. The summed E-state index contributed by atoms with van der Waals surface area (Å²) in [5, 5.41) is 0. The van der Waals surface area contributed by atoms with Crippen molar-refractivity contribution in [1.29, 1.82) is 0 Å². The molecule has 0 aliphatic rings. The molecule has 0 aliphatic carbocycles. The van der Waals surface area contributed by atoms with Crippen LogP contribution in [-0.4, -0.2) is 12.1 Å². The second-order valence-corrected chi connectivity index (χ2v) is 3.85. The summed E-state index contributed by atoms with van der Waals surface area (Å²) in [7, 11) is 1.36. The fourth-order valence-corrected chi connectivity index (χ4v) is 1.72. The standard InChI is InChI=1S/C13H10F3NO2/c1-19-11-3-2-9(13(14,15)16)7-10(11)8-4-5-17-12(18)6-8/h2-7H,1H3,(H,17,18). The van der Waals surface area contributed by atoms with E-state index in [1.54, 1.807) is 0 Å². The van der Waals surface area contributed by atoms with E-state index < -0.39 is 17.3 Å². The van der Waals surface area contributed by atoms with E-state index in [-0.39, 0.29) is 11.3 Å². The highest BCUT2D eigenvalue weighted by atomic mass is 19.4. The Morgan fingerprint density at radius 3 is 2.47 bits per heavy atom. The van der Waals surface area contributed by atoms with Crippen molar-refractivity contribution >= 4 is 0 Å². The molecule has 6 heteroatoms. The van der Waals surface area contributed by atoms with Gasteiger partial charge < -0.3 is 9.72 Å². The molecule has 0 bridgehead atoms. The maximum atomic E-state index is 12.7. The van der Waals surface area contributed by atoms with Crippen molar-refractivity contribution in [2.24, 2.45) is 0 Å². The summed E-state index contributed by atoms with van der Waals surface area (Å²) < 4.78 is 43.1. The summed E-state index contributed by atoms with van der Waals surface area (Å²) in [6.07, 6.45) is -3.07. The third kappa shape index (κ3) is 2.78. The SMILES string of the molecule is COc1ccc(C(F)(F)F)cc1-c1cc[nH]c(=O)c1. The third-order valence-corrected chi connectivity index (χ3v) is 2.61. The Morgan fingerprint density at radius 2 is 1.89 bits per heavy atom. The van der Waals surface area contributed by atoms with Crippen molar-refractivity contribution in [3.05, 3.63) is 52.4 Å². The van der Waals surface area contributed by atoms with Crippen LogP contribution in [0.2, 0.25) is 0 Å². The molecule has 0 saturated carbocycles. The molecule has 1 aromatic carbocycles. The van der Waals surface area contributed by atoms with Gasteiger partial charge in [0, 0.05) is 17.8 Å². The predicted molar refractivity (Wildman–Crippen MR) is 64.1 cm³/mol. The van der Waals surface area contributed by atoms with Crippen LogP contribution in [0.3, 0.4) is 0 Å². The molecule has 0 unspecified atom stereocenters. The van der Waals surface area contributed by atoms with Crippen molar-refractivity contribution < 1.29 is 17.9 Å². The molecule has 100 valence electrons. The number of H-pyrrole nitrogens is 1. The molecule has 0 spiro atoms. The average molecular weight is 269 g/mol. The van der Waals surface area contributed by atoms with Gasteiger partial charge in [0.15, 0.2) is 0 Å². The van der Waals surface area contributed by atoms with Crippen LogP contribution in [0.5, 0.6) is 5.75 Å². The molecule has 3 nitrogen and oxygen atoms in total. The molecule has 0 aliphatic heterocycles. The fourth-order valence-electron chi connectivity index (χ4n) is 1.72. The van der Waals surface area contributed by atoms with Gasteiger partial charge in [-0.05, 0) is 29.8 Å². The number of methoxy groups -OCH3 is 1. The number of nitrogens with one attached hydrogen (secondary N) is 1. The van der Waals surface area contributed by atoms with Crippen LogP contribution < -0.4 is 10.3 Å². The molecule has 2 aromatic rings. The second kappa shape index (κ2) is 4.79. The minimum Gasteiger partial charge on any atom is -0.496 e. The molecule has 0 radical (unpaired) electrons. The number of hydrogen-bond acceptors (Lipinski definition) is 2. The number of ether oxygens (including phenoxy) is 1. The Bertz CT molecular complexity index is 647. The highest BCUT2D eigenvalue weighted by Crippen LogP contribution is 2.36. The monoisotopic (exact) mass is 269 g/mol. The lowest BCUT2D eigenvalue weighted by molar-refractivity contribution is -0.137. The first-order chi connectivity index (χ1) is 8.91. The van der Waals surface area contributed by atoms with E-state index in [9.17, 15) is 18.0 Å². The van der Waals surface area contributed by atoms with Gasteiger partial charge in [-0.2, -0.15) is 13.2 Å². The number of rotatable bonds is 2. The van der Waals surface area contributed by atoms with Gasteiger partial charge >= 0.3 is 6.18 Å². The van der Waals surface area contributed by atoms with Gasteiger partial charge in [-0.3, -0.25) is 4.79 Å². The maximum absolute atomic E-state index is 12.7. The first kappa shape index (κ1) is 13.2. The van der Waals surface area contributed by atoms with E-state index in [0.29, 0.717) is 5.56 Å². The zero-order chi connectivity index (χ0) is 14.0. The predicted octanol–water partition coefficient (Wildman–Crippen LogP) is 3.07. The van der Waals surface area contributed by atoms with Crippen LogP contribution in [0.1, 0.15) is 5.56 Å². The lowest BCUT2D eigenvalue weighted by Crippen LogP contribution is -2.06. The Hall–Kier alpha value is -2.24. The van der Waals surface area contributed by atoms with Crippen LogP contribution >= 0.6 is 0 Å². The van der Waals surface area contributed by atoms with Crippen LogP contribution in [0.15, 0.2) is 41.3 Å². The van der Waals surface area contributed by atoms with Crippen molar-refractivity contribution in [1.82, 2.24) is 4.98 Å². The van der Waals surface area contributed by atoms with E-state index in [4.69, 9.17) is 4.74 Å². The lowest BCUT2D eigenvalue weighted by atomic mass is 10.0. The second-order valence-electron chi connectivity index (χ2n) is 3.85. The zero-order valence-corrected chi connectivity index (χ0v) is 9.91. The molecular formula is C13H10F3NO2. The zero-order valence-electron chi connectivity index (χ0n) is 9.91. The Labute approximate surface area is 106 Å². The number of halogens is 3. The van der Waals surface area contributed by atoms with E-state index in [0.717, 1.165) is 12.1 Å². The van der Waals surface area contributed by atoms with Crippen LogP contribution in [-0.2, 0) is 6.18 Å². The smallest absolute Gasteiger partial charge is 0.416 e. The van der Waals surface area contributed by atoms with Gasteiger partial charge in [0.1, 0.15) is 5.75 Å². The van der Waals surface area contributed by atoms with Gasteiger partial charge in [0.05, 0.1) is 12.7 Å². The maximum Gasteiger partial charge on any atom is 0.416 e. The number of benzene rings is 1. The summed E-state index contributed by atoms with van der Waals surface area (Å²) in [5.74, 6) is 0.276. The van der Waals surface area contributed by atoms with Gasteiger partial charge in [0.25, 0.3) is 0 Å². The fraction of sp³-hybridized carbons (Fsp3) is 0.154. The molecule has 1 N–H and O–H groups in total. The number of aromatic amines is 1. The van der Waals surface area contributed by atoms with E-state index in [1.807, 2.05) is 0 Å². The van der Waals surface area contributed by atoms with Crippen molar-refractivity contribution in [2.75, 3.05) is 7.11 Å². The normalized spacial score (nSPS) is 11.4. The average Bonchev–Trinajstić information content (AvgIpc) is 2.37. The van der Waals surface area contributed by atoms with Crippen molar-refractivity contribution in [2.45, 2.75) is 6.18 Å². The molecular weight excluding hydrogens is 259 g/mol. The molecule has 0 amide bonds. The summed E-state index contributed by atoms with van der Waals surface area (Å²) in [4.78, 5) is 13.6. The number of aromatic nitrogens is 1. The van der Waals surface area contributed by atoms with E-state index in [1.165, 1.54) is 31.5 Å². The third-order valence-electron chi connectivity index (χ3n) is 2.61. The molecule has 1 aromatic heterocycles. The van der Waals surface area contributed by atoms with Crippen LogP contribution in [0.4, 0.5) is 13.2 Å². The topological polar surface area (TPSA) is 42.1 Å². The summed E-state index contributed by atoms with van der Waals surface area (Å²) in [6.45, 7) is 0. The lowest BCUT2D eigenvalue weighted by Gasteiger charge is -2.12. The van der Waals surface area contributed by atoms with Gasteiger partial charge in [-0.1, -0.05) is 0 Å². The number of hydrogen-bond donors (Lipinski definition) is 1. The Kier molecular flexibility index (Phi) is 3.33. The summed E-state index contributed by atoms with van der Waals surface area (Å²) >= 11 is 0. The highest BCUT2D eigenvalue weighted by Gasteiger charge is 2.31. The van der Waals surface area contributed by atoms with Gasteiger partial charge in [-0.25, -0.2) is 0 Å². The summed E-state index contributed by atoms with van der Waals surface area (Å²) in [6, 6.07) is 5.87. The van der Waals surface area contributed by atoms with Gasteiger partial charge in [-0.15, -0.1) is 0 Å².